The minimum Gasteiger partial charge on any atom is -0.481 e. The van der Waals surface area contributed by atoms with Crippen molar-refractivity contribution in [2.45, 2.75) is 31.3 Å². The summed E-state index contributed by atoms with van der Waals surface area (Å²) in [5, 5.41) is 9.25. The van der Waals surface area contributed by atoms with E-state index in [1.54, 1.807) is 17.0 Å². The van der Waals surface area contributed by atoms with Crippen LogP contribution in [0.4, 0.5) is 4.39 Å². The molecule has 1 saturated heterocycles. The van der Waals surface area contributed by atoms with Crippen LogP contribution in [-0.4, -0.2) is 27.9 Å². The number of rotatable bonds is 5. The highest BCUT2D eigenvalue weighted by molar-refractivity contribution is 5.82. The first-order chi connectivity index (χ1) is 11.5. The van der Waals surface area contributed by atoms with Gasteiger partial charge in [-0.2, -0.15) is 0 Å². The van der Waals surface area contributed by atoms with Gasteiger partial charge in [-0.1, -0.05) is 42.5 Å². The average molecular weight is 327 g/mol. The number of aliphatic carboxylic acids is 1. The van der Waals surface area contributed by atoms with Crippen LogP contribution < -0.4 is 0 Å². The van der Waals surface area contributed by atoms with Crippen LogP contribution in [0, 0.1) is 5.82 Å². The van der Waals surface area contributed by atoms with Crippen molar-refractivity contribution in [3.8, 4) is 0 Å². The normalized spacial score (nSPS) is 20.4. The maximum absolute atomic E-state index is 13.4. The molecular formula is C19H18FNO3. The molecule has 4 nitrogen and oxygen atoms in total. The van der Waals surface area contributed by atoms with Crippen molar-refractivity contribution in [1.82, 2.24) is 4.90 Å². The summed E-state index contributed by atoms with van der Waals surface area (Å²) < 4.78 is 13.4. The molecular weight excluding hydrogens is 309 g/mol. The number of nitrogens with zero attached hydrogens (tertiary/aromatic N) is 1. The van der Waals surface area contributed by atoms with Gasteiger partial charge in [0.05, 0.1) is 6.42 Å². The van der Waals surface area contributed by atoms with E-state index in [0.717, 1.165) is 5.56 Å². The van der Waals surface area contributed by atoms with E-state index in [-0.39, 0.29) is 37.0 Å². The fourth-order valence-corrected chi connectivity index (χ4v) is 3.35. The smallest absolute Gasteiger partial charge is 0.305 e. The van der Waals surface area contributed by atoms with Crippen molar-refractivity contribution < 1.29 is 19.1 Å². The summed E-state index contributed by atoms with van der Waals surface area (Å²) in [7, 11) is 0. The standard InChI is InChI=1S/C19H18FNO3/c20-15-8-4-5-13(9-15)12-21-17(11-19(23)24)16(10-18(21)22)14-6-2-1-3-7-14/h1-9,16-17H,10-12H2,(H,23,24). The van der Waals surface area contributed by atoms with Crippen LogP contribution in [0.15, 0.2) is 54.6 Å². The number of likely N-dealkylation sites (tertiary alicyclic amines) is 1. The van der Waals surface area contributed by atoms with E-state index in [2.05, 4.69) is 0 Å². The first kappa shape index (κ1) is 16.2. The molecule has 1 aliphatic heterocycles. The van der Waals surface area contributed by atoms with Crippen LogP contribution in [0.5, 0.6) is 0 Å². The van der Waals surface area contributed by atoms with Crippen LogP contribution in [0.1, 0.15) is 29.9 Å². The molecule has 2 unspecified atom stereocenters. The van der Waals surface area contributed by atoms with Crippen LogP contribution in [0.25, 0.3) is 0 Å². The summed E-state index contributed by atoms with van der Waals surface area (Å²) in [6.07, 6.45) is 0.151. The maximum Gasteiger partial charge on any atom is 0.305 e. The van der Waals surface area contributed by atoms with Crippen LogP contribution in [0.2, 0.25) is 0 Å². The third-order valence-electron chi connectivity index (χ3n) is 4.43. The number of benzene rings is 2. The highest BCUT2D eigenvalue weighted by Gasteiger charge is 2.41. The quantitative estimate of drug-likeness (QED) is 0.917. The zero-order valence-corrected chi connectivity index (χ0v) is 13.1. The Kier molecular flexibility index (Phi) is 4.60. The largest absolute Gasteiger partial charge is 0.481 e. The fraction of sp³-hybridized carbons (Fsp3) is 0.263. The molecule has 0 saturated carbocycles. The molecule has 1 heterocycles. The minimum absolute atomic E-state index is 0.0978. The van der Waals surface area contributed by atoms with Gasteiger partial charge in [0.25, 0.3) is 0 Å². The number of carboxylic acid groups (broad SMARTS) is 1. The van der Waals surface area contributed by atoms with E-state index in [4.69, 9.17) is 0 Å². The number of hydrogen-bond acceptors (Lipinski definition) is 2. The molecule has 0 radical (unpaired) electrons. The molecule has 2 atom stereocenters. The van der Waals surface area contributed by atoms with Crippen molar-refractivity contribution in [1.29, 1.82) is 0 Å². The van der Waals surface area contributed by atoms with Crippen molar-refractivity contribution in [3.63, 3.8) is 0 Å². The monoisotopic (exact) mass is 327 g/mol. The van der Waals surface area contributed by atoms with Gasteiger partial charge in [0.1, 0.15) is 5.82 Å². The Hall–Kier alpha value is -2.69. The SMILES string of the molecule is O=C(O)CC1C(c2ccccc2)CC(=O)N1Cc1cccc(F)c1. The predicted octanol–water partition coefficient (Wildman–Crippen LogP) is 3.19. The van der Waals surface area contributed by atoms with Gasteiger partial charge in [0, 0.05) is 24.9 Å². The molecule has 1 fully saturated rings. The number of carbonyl (C=O) groups excluding carboxylic acids is 1. The second-order valence-corrected chi connectivity index (χ2v) is 6.04. The molecule has 1 aliphatic rings. The Bertz CT molecular complexity index is 747. The Morgan fingerprint density at radius 1 is 1.17 bits per heavy atom. The first-order valence-corrected chi connectivity index (χ1v) is 7.85. The molecule has 1 N–H and O–H groups in total. The predicted molar refractivity (Wildman–Crippen MR) is 86.8 cm³/mol. The van der Waals surface area contributed by atoms with Crippen LogP contribution in [-0.2, 0) is 16.1 Å². The highest BCUT2D eigenvalue weighted by Crippen LogP contribution is 2.37. The van der Waals surface area contributed by atoms with Crippen molar-refractivity contribution in [2.75, 3.05) is 0 Å². The first-order valence-electron chi connectivity index (χ1n) is 7.85. The number of carbonyl (C=O) groups is 2. The van der Waals surface area contributed by atoms with Gasteiger partial charge in [-0.3, -0.25) is 9.59 Å². The molecule has 2 aromatic carbocycles. The lowest BCUT2D eigenvalue weighted by Gasteiger charge is -2.27. The van der Waals surface area contributed by atoms with Crippen molar-refractivity contribution >= 4 is 11.9 Å². The molecule has 2 aromatic rings. The van der Waals surface area contributed by atoms with Gasteiger partial charge in [0.15, 0.2) is 0 Å². The van der Waals surface area contributed by atoms with Crippen molar-refractivity contribution in [2.24, 2.45) is 0 Å². The lowest BCUT2D eigenvalue weighted by atomic mass is 9.90. The highest BCUT2D eigenvalue weighted by atomic mass is 19.1. The maximum atomic E-state index is 13.4. The Balaban J connectivity index is 1.89. The molecule has 24 heavy (non-hydrogen) atoms. The van der Waals surface area contributed by atoms with Gasteiger partial charge < -0.3 is 10.0 Å². The summed E-state index contributed by atoms with van der Waals surface area (Å²) in [5.41, 5.74) is 1.62. The summed E-state index contributed by atoms with van der Waals surface area (Å²) in [5.74, 6) is -1.57. The van der Waals surface area contributed by atoms with E-state index >= 15 is 0 Å². The lowest BCUT2D eigenvalue weighted by Crippen LogP contribution is -2.36. The molecule has 0 aliphatic carbocycles. The minimum atomic E-state index is -0.945. The van der Waals surface area contributed by atoms with Gasteiger partial charge in [-0.05, 0) is 23.3 Å². The Labute approximate surface area is 139 Å². The van der Waals surface area contributed by atoms with Gasteiger partial charge in [-0.25, -0.2) is 4.39 Å². The van der Waals surface area contributed by atoms with Gasteiger partial charge in [0.2, 0.25) is 5.91 Å². The molecule has 5 heteroatoms. The lowest BCUT2D eigenvalue weighted by molar-refractivity contribution is -0.139. The third kappa shape index (κ3) is 3.45. The zero-order valence-electron chi connectivity index (χ0n) is 13.1. The van der Waals surface area contributed by atoms with Gasteiger partial charge >= 0.3 is 5.97 Å². The topological polar surface area (TPSA) is 57.6 Å². The van der Waals surface area contributed by atoms with E-state index in [1.165, 1.54) is 12.1 Å². The molecule has 0 aromatic heterocycles. The van der Waals surface area contributed by atoms with Crippen LogP contribution >= 0.6 is 0 Å². The summed E-state index contributed by atoms with van der Waals surface area (Å²) >= 11 is 0. The van der Waals surface area contributed by atoms with E-state index in [9.17, 15) is 19.1 Å². The second kappa shape index (κ2) is 6.83. The van der Waals surface area contributed by atoms with Crippen LogP contribution in [0.3, 0.4) is 0 Å². The average Bonchev–Trinajstić information content (AvgIpc) is 2.84. The molecule has 124 valence electrons. The molecule has 0 bridgehead atoms. The number of amides is 1. The third-order valence-corrected chi connectivity index (χ3v) is 4.43. The Morgan fingerprint density at radius 2 is 1.92 bits per heavy atom. The van der Waals surface area contributed by atoms with E-state index in [0.29, 0.717) is 5.56 Å². The summed E-state index contributed by atoms with van der Waals surface area (Å²) in [4.78, 5) is 25.3. The molecule has 3 rings (SSSR count). The molecule has 0 spiro atoms. The van der Waals surface area contributed by atoms with E-state index < -0.39 is 12.0 Å². The number of halogens is 1. The summed E-state index contributed by atoms with van der Waals surface area (Å²) in [6.45, 7) is 0.220. The second-order valence-electron chi connectivity index (χ2n) is 6.04. The molecule has 1 amide bonds. The fourth-order valence-electron chi connectivity index (χ4n) is 3.35. The van der Waals surface area contributed by atoms with Crippen molar-refractivity contribution in [3.05, 3.63) is 71.5 Å². The number of hydrogen-bond donors (Lipinski definition) is 1. The Morgan fingerprint density at radius 3 is 2.58 bits per heavy atom. The van der Waals surface area contributed by atoms with Gasteiger partial charge in [-0.15, -0.1) is 0 Å². The van der Waals surface area contributed by atoms with E-state index in [1.807, 2.05) is 30.3 Å². The number of carboxylic acids is 1. The zero-order chi connectivity index (χ0) is 17.1. The summed E-state index contributed by atoms with van der Waals surface area (Å²) in [6, 6.07) is 15.1.